The van der Waals surface area contributed by atoms with Gasteiger partial charge in [0, 0.05) is 12.6 Å². The van der Waals surface area contributed by atoms with E-state index in [4.69, 9.17) is 0 Å². The third kappa shape index (κ3) is 1.39. The second-order valence-corrected chi connectivity index (χ2v) is 5.16. The third-order valence-corrected chi connectivity index (χ3v) is 3.91. The van der Waals surface area contributed by atoms with Gasteiger partial charge in [-0.2, -0.15) is 0 Å². The standard InChI is InChI=1S/C11H23N/c1-6-10(3,4)9-11(5,7-2)8-12-9/h9,12H,6-8H2,1-5H3. The minimum absolute atomic E-state index is 0.461. The summed E-state index contributed by atoms with van der Waals surface area (Å²) in [5.41, 5.74) is 1.02. The zero-order valence-corrected chi connectivity index (χ0v) is 9.20. The van der Waals surface area contributed by atoms with Crippen LogP contribution >= 0.6 is 0 Å². The maximum absolute atomic E-state index is 3.58. The molecule has 1 fully saturated rings. The van der Waals surface area contributed by atoms with Crippen molar-refractivity contribution in [1.82, 2.24) is 5.32 Å². The molecule has 1 saturated heterocycles. The van der Waals surface area contributed by atoms with Crippen molar-refractivity contribution in [3.63, 3.8) is 0 Å². The van der Waals surface area contributed by atoms with Gasteiger partial charge in [0.2, 0.25) is 0 Å². The molecule has 0 aromatic heterocycles. The second-order valence-electron chi connectivity index (χ2n) is 5.16. The quantitative estimate of drug-likeness (QED) is 0.685. The average molecular weight is 169 g/mol. The van der Waals surface area contributed by atoms with E-state index in [1.165, 1.54) is 19.4 Å². The van der Waals surface area contributed by atoms with Gasteiger partial charge in [0.15, 0.2) is 0 Å². The number of hydrogen-bond acceptors (Lipinski definition) is 1. The summed E-state index contributed by atoms with van der Waals surface area (Å²) in [6.45, 7) is 13.0. The Bertz CT molecular complexity index is 145. The Balaban J connectivity index is 2.65. The molecule has 0 bridgehead atoms. The zero-order chi connectivity index (χ0) is 9.41. The van der Waals surface area contributed by atoms with Gasteiger partial charge in [-0.15, -0.1) is 0 Å². The highest BCUT2D eigenvalue weighted by Crippen LogP contribution is 2.43. The number of rotatable bonds is 3. The average Bonchev–Trinajstić information content (AvgIpc) is 2.00. The van der Waals surface area contributed by atoms with Gasteiger partial charge in [-0.1, -0.05) is 34.6 Å². The number of nitrogens with one attached hydrogen (secondary N) is 1. The summed E-state index contributed by atoms with van der Waals surface area (Å²) in [7, 11) is 0. The van der Waals surface area contributed by atoms with Gasteiger partial charge in [0.25, 0.3) is 0 Å². The van der Waals surface area contributed by atoms with Crippen molar-refractivity contribution >= 4 is 0 Å². The highest BCUT2D eigenvalue weighted by Gasteiger charge is 2.47. The van der Waals surface area contributed by atoms with Crippen molar-refractivity contribution < 1.29 is 0 Å². The smallest absolute Gasteiger partial charge is 0.0184 e. The van der Waals surface area contributed by atoms with E-state index >= 15 is 0 Å². The molecule has 1 heteroatoms. The molecule has 1 nitrogen and oxygen atoms in total. The molecule has 2 unspecified atom stereocenters. The normalized spacial score (nSPS) is 36.2. The van der Waals surface area contributed by atoms with Crippen LogP contribution in [0.15, 0.2) is 0 Å². The molecule has 1 N–H and O–H groups in total. The first-order valence-electron chi connectivity index (χ1n) is 5.19. The molecule has 2 atom stereocenters. The lowest BCUT2D eigenvalue weighted by Gasteiger charge is -2.55. The van der Waals surface area contributed by atoms with Crippen LogP contribution < -0.4 is 5.32 Å². The van der Waals surface area contributed by atoms with Crippen LogP contribution in [-0.4, -0.2) is 12.6 Å². The SMILES string of the molecule is CCC(C)(C)C1NCC1(C)CC. The van der Waals surface area contributed by atoms with Gasteiger partial charge < -0.3 is 5.32 Å². The summed E-state index contributed by atoms with van der Waals surface area (Å²) in [5, 5.41) is 3.58. The van der Waals surface area contributed by atoms with Crippen molar-refractivity contribution in [2.45, 2.75) is 53.5 Å². The van der Waals surface area contributed by atoms with E-state index in [1.807, 2.05) is 0 Å². The van der Waals surface area contributed by atoms with E-state index in [0.717, 1.165) is 6.04 Å². The van der Waals surface area contributed by atoms with Crippen molar-refractivity contribution in [2.24, 2.45) is 10.8 Å². The molecular weight excluding hydrogens is 146 g/mol. The molecule has 1 aliphatic rings. The van der Waals surface area contributed by atoms with Crippen molar-refractivity contribution in [1.29, 1.82) is 0 Å². The molecule has 72 valence electrons. The molecule has 0 aromatic carbocycles. The van der Waals surface area contributed by atoms with E-state index in [2.05, 4.69) is 39.9 Å². The summed E-state index contributed by atoms with van der Waals surface area (Å²) in [5.74, 6) is 0. The summed E-state index contributed by atoms with van der Waals surface area (Å²) in [6.07, 6.45) is 2.56. The van der Waals surface area contributed by atoms with Crippen LogP contribution in [0.5, 0.6) is 0 Å². The maximum Gasteiger partial charge on any atom is 0.0184 e. The molecular formula is C11H23N. The van der Waals surface area contributed by atoms with E-state index < -0.39 is 0 Å². The van der Waals surface area contributed by atoms with Crippen molar-refractivity contribution in [3.05, 3.63) is 0 Å². The lowest BCUT2D eigenvalue weighted by atomic mass is 9.61. The fraction of sp³-hybridized carbons (Fsp3) is 1.00. The lowest BCUT2D eigenvalue weighted by molar-refractivity contribution is 0.00778. The lowest BCUT2D eigenvalue weighted by Crippen LogP contribution is -2.66. The monoisotopic (exact) mass is 169 g/mol. The maximum atomic E-state index is 3.58. The van der Waals surface area contributed by atoms with Crippen LogP contribution in [0.4, 0.5) is 0 Å². The van der Waals surface area contributed by atoms with E-state index in [1.54, 1.807) is 0 Å². The first-order valence-corrected chi connectivity index (χ1v) is 5.19. The molecule has 1 heterocycles. The van der Waals surface area contributed by atoms with E-state index in [9.17, 15) is 0 Å². The Morgan fingerprint density at radius 2 is 2.00 bits per heavy atom. The van der Waals surface area contributed by atoms with Gasteiger partial charge in [-0.25, -0.2) is 0 Å². The van der Waals surface area contributed by atoms with E-state index in [0.29, 0.717) is 10.8 Å². The molecule has 0 spiro atoms. The molecule has 1 aliphatic heterocycles. The summed E-state index contributed by atoms with van der Waals surface area (Å²) in [4.78, 5) is 0. The van der Waals surface area contributed by atoms with Crippen LogP contribution in [0.25, 0.3) is 0 Å². The molecule has 0 aromatic rings. The Hall–Kier alpha value is -0.0400. The van der Waals surface area contributed by atoms with Gasteiger partial charge >= 0.3 is 0 Å². The molecule has 12 heavy (non-hydrogen) atoms. The Morgan fingerprint density at radius 3 is 2.25 bits per heavy atom. The second kappa shape index (κ2) is 3.02. The Labute approximate surface area is 76.9 Å². The first kappa shape index (κ1) is 10.0. The van der Waals surface area contributed by atoms with Crippen LogP contribution in [-0.2, 0) is 0 Å². The highest BCUT2D eigenvalue weighted by atomic mass is 15.1. The van der Waals surface area contributed by atoms with Crippen molar-refractivity contribution in [3.8, 4) is 0 Å². The van der Waals surface area contributed by atoms with Gasteiger partial charge in [0.05, 0.1) is 0 Å². The Morgan fingerprint density at radius 1 is 1.42 bits per heavy atom. The molecule has 0 amide bonds. The topological polar surface area (TPSA) is 12.0 Å². The van der Waals surface area contributed by atoms with Crippen LogP contribution in [0.2, 0.25) is 0 Å². The van der Waals surface area contributed by atoms with Gasteiger partial charge in [0.1, 0.15) is 0 Å². The van der Waals surface area contributed by atoms with Gasteiger partial charge in [-0.05, 0) is 23.7 Å². The van der Waals surface area contributed by atoms with Crippen LogP contribution in [0.1, 0.15) is 47.5 Å². The van der Waals surface area contributed by atoms with Crippen LogP contribution in [0.3, 0.4) is 0 Å². The minimum atomic E-state index is 0.461. The Kier molecular flexibility index (Phi) is 2.53. The van der Waals surface area contributed by atoms with Gasteiger partial charge in [-0.3, -0.25) is 0 Å². The van der Waals surface area contributed by atoms with E-state index in [-0.39, 0.29) is 0 Å². The fourth-order valence-electron chi connectivity index (χ4n) is 2.31. The van der Waals surface area contributed by atoms with Crippen LogP contribution in [0, 0.1) is 10.8 Å². The third-order valence-electron chi connectivity index (χ3n) is 3.91. The zero-order valence-electron chi connectivity index (χ0n) is 9.20. The molecule has 0 saturated carbocycles. The fourth-order valence-corrected chi connectivity index (χ4v) is 2.31. The predicted octanol–water partition coefficient (Wildman–Crippen LogP) is 2.81. The molecule has 0 aliphatic carbocycles. The molecule has 1 rings (SSSR count). The number of hydrogen-bond donors (Lipinski definition) is 1. The minimum Gasteiger partial charge on any atom is -0.312 e. The first-order chi connectivity index (χ1) is 5.46. The van der Waals surface area contributed by atoms with Crippen molar-refractivity contribution in [2.75, 3.05) is 6.54 Å². The summed E-state index contributed by atoms with van der Waals surface area (Å²) in [6, 6.07) is 0.722. The highest BCUT2D eigenvalue weighted by molar-refractivity contribution is 5.04. The predicted molar refractivity (Wildman–Crippen MR) is 54.3 cm³/mol. The summed E-state index contributed by atoms with van der Waals surface area (Å²) >= 11 is 0. The summed E-state index contributed by atoms with van der Waals surface area (Å²) < 4.78 is 0. The molecule has 0 radical (unpaired) electrons. The largest absolute Gasteiger partial charge is 0.312 e.